The summed E-state index contributed by atoms with van der Waals surface area (Å²) in [5, 5.41) is 7.90. The Morgan fingerprint density at radius 3 is 2.29 bits per heavy atom. The number of carbonyl (C=O) groups is 2. The van der Waals surface area contributed by atoms with Crippen LogP contribution in [0, 0.1) is 6.92 Å². The molecule has 0 bridgehead atoms. The normalized spacial score (nSPS) is 10.6. The number of ketones is 1. The van der Waals surface area contributed by atoms with E-state index in [0.717, 1.165) is 15.6 Å². The van der Waals surface area contributed by atoms with Crippen molar-refractivity contribution in [1.82, 2.24) is 10.2 Å². The summed E-state index contributed by atoms with van der Waals surface area (Å²) in [5.74, 6) is -0.399. The summed E-state index contributed by atoms with van der Waals surface area (Å²) < 4.78 is 11.8. The molecular formula is C24H17BrN2O4. The van der Waals surface area contributed by atoms with Gasteiger partial charge in [0.05, 0.1) is 5.56 Å². The molecule has 0 fully saturated rings. The average molecular weight is 477 g/mol. The standard InChI is InChI=1S/C24H17BrN2O4/c1-15-6-8-16(9-7-15)22(28)19-4-2-3-5-20(19)24(29)30-14-21-26-27-23(31-21)17-10-12-18(25)13-11-17/h2-13H,14H2,1H3. The number of hydrogen-bond donors (Lipinski definition) is 0. The van der Waals surface area contributed by atoms with Crippen molar-refractivity contribution >= 4 is 27.7 Å². The fraction of sp³-hybridized carbons (Fsp3) is 0.0833. The first kappa shape index (κ1) is 20.7. The lowest BCUT2D eigenvalue weighted by atomic mass is 9.98. The van der Waals surface area contributed by atoms with E-state index in [2.05, 4.69) is 26.1 Å². The monoisotopic (exact) mass is 476 g/mol. The molecule has 6 nitrogen and oxygen atoms in total. The maximum atomic E-state index is 12.9. The number of aryl methyl sites for hydroxylation is 1. The second kappa shape index (κ2) is 9.06. The molecule has 0 saturated heterocycles. The highest BCUT2D eigenvalue weighted by Gasteiger charge is 2.20. The Labute approximate surface area is 187 Å². The fourth-order valence-electron chi connectivity index (χ4n) is 2.95. The van der Waals surface area contributed by atoms with Gasteiger partial charge in [-0.15, -0.1) is 10.2 Å². The summed E-state index contributed by atoms with van der Waals surface area (Å²) in [5.41, 5.74) is 2.76. The molecule has 0 atom stereocenters. The van der Waals surface area contributed by atoms with Gasteiger partial charge < -0.3 is 9.15 Å². The molecule has 0 aliphatic carbocycles. The van der Waals surface area contributed by atoms with E-state index in [4.69, 9.17) is 9.15 Å². The largest absolute Gasteiger partial charge is 0.452 e. The number of carbonyl (C=O) groups excluding carboxylic acids is 2. The molecular weight excluding hydrogens is 460 g/mol. The molecule has 0 aliphatic heterocycles. The van der Waals surface area contributed by atoms with Crippen LogP contribution < -0.4 is 0 Å². The number of halogens is 1. The Morgan fingerprint density at radius 2 is 1.58 bits per heavy atom. The third-order valence-electron chi connectivity index (χ3n) is 4.59. The molecule has 7 heteroatoms. The minimum Gasteiger partial charge on any atom is -0.452 e. The number of nitrogens with zero attached hydrogens (tertiary/aromatic N) is 2. The van der Waals surface area contributed by atoms with Crippen molar-refractivity contribution in [3.8, 4) is 11.5 Å². The van der Waals surface area contributed by atoms with Gasteiger partial charge >= 0.3 is 5.97 Å². The molecule has 4 aromatic rings. The van der Waals surface area contributed by atoms with Gasteiger partial charge in [0.2, 0.25) is 5.89 Å². The third kappa shape index (κ3) is 4.78. The number of esters is 1. The Morgan fingerprint density at radius 1 is 0.903 bits per heavy atom. The van der Waals surface area contributed by atoms with Crippen LogP contribution in [0.2, 0.25) is 0 Å². The number of rotatable bonds is 6. The lowest BCUT2D eigenvalue weighted by Gasteiger charge is -2.08. The zero-order chi connectivity index (χ0) is 21.8. The molecule has 3 aromatic carbocycles. The van der Waals surface area contributed by atoms with Crippen molar-refractivity contribution < 1.29 is 18.7 Å². The molecule has 154 valence electrons. The van der Waals surface area contributed by atoms with Crippen molar-refractivity contribution in [2.45, 2.75) is 13.5 Å². The Kier molecular flexibility index (Phi) is 6.04. The van der Waals surface area contributed by atoms with E-state index in [-0.39, 0.29) is 29.4 Å². The first-order chi connectivity index (χ1) is 15.0. The van der Waals surface area contributed by atoms with Crippen molar-refractivity contribution in [1.29, 1.82) is 0 Å². The van der Waals surface area contributed by atoms with Gasteiger partial charge in [-0.3, -0.25) is 4.79 Å². The highest BCUT2D eigenvalue weighted by molar-refractivity contribution is 9.10. The summed E-state index contributed by atoms with van der Waals surface area (Å²) in [7, 11) is 0. The Balaban J connectivity index is 1.48. The van der Waals surface area contributed by atoms with Crippen LogP contribution >= 0.6 is 15.9 Å². The topological polar surface area (TPSA) is 82.3 Å². The summed E-state index contributed by atoms with van der Waals surface area (Å²) in [6, 6.07) is 21.1. The lowest BCUT2D eigenvalue weighted by molar-refractivity contribution is 0.0436. The second-order valence-electron chi connectivity index (χ2n) is 6.82. The Hall–Kier alpha value is -3.58. The molecule has 0 radical (unpaired) electrons. The van der Waals surface area contributed by atoms with E-state index in [0.29, 0.717) is 11.5 Å². The van der Waals surface area contributed by atoms with Gasteiger partial charge in [-0.2, -0.15) is 0 Å². The minimum atomic E-state index is -0.639. The first-order valence-corrected chi connectivity index (χ1v) is 10.3. The van der Waals surface area contributed by atoms with E-state index >= 15 is 0 Å². The molecule has 4 rings (SSSR count). The number of benzene rings is 3. The molecule has 1 aromatic heterocycles. The zero-order valence-electron chi connectivity index (χ0n) is 16.5. The van der Waals surface area contributed by atoms with E-state index in [1.807, 2.05) is 43.3 Å². The van der Waals surface area contributed by atoms with Crippen molar-refractivity contribution in [2.75, 3.05) is 0 Å². The summed E-state index contributed by atoms with van der Waals surface area (Å²) >= 11 is 3.37. The van der Waals surface area contributed by atoms with Gasteiger partial charge in [0.1, 0.15) is 0 Å². The highest BCUT2D eigenvalue weighted by atomic mass is 79.9. The predicted octanol–water partition coefficient (Wildman–Crippen LogP) is 5.40. The van der Waals surface area contributed by atoms with Crippen LogP contribution in [-0.4, -0.2) is 21.9 Å². The van der Waals surface area contributed by atoms with E-state index < -0.39 is 5.97 Å². The maximum absolute atomic E-state index is 12.9. The van der Waals surface area contributed by atoms with Crippen LogP contribution in [0.4, 0.5) is 0 Å². The predicted molar refractivity (Wildman–Crippen MR) is 118 cm³/mol. The maximum Gasteiger partial charge on any atom is 0.339 e. The van der Waals surface area contributed by atoms with Crippen LogP contribution in [-0.2, 0) is 11.3 Å². The zero-order valence-corrected chi connectivity index (χ0v) is 18.1. The number of ether oxygens (including phenoxy) is 1. The SMILES string of the molecule is Cc1ccc(C(=O)c2ccccc2C(=O)OCc2nnc(-c3ccc(Br)cc3)o2)cc1. The van der Waals surface area contributed by atoms with Crippen molar-refractivity contribution in [3.05, 3.63) is 105 Å². The Bertz CT molecular complexity index is 1230. The van der Waals surface area contributed by atoms with Crippen LogP contribution in [0.3, 0.4) is 0 Å². The summed E-state index contributed by atoms with van der Waals surface area (Å²) in [4.78, 5) is 25.6. The average Bonchev–Trinajstić information content (AvgIpc) is 3.27. The van der Waals surface area contributed by atoms with Crippen molar-refractivity contribution in [3.63, 3.8) is 0 Å². The number of hydrogen-bond acceptors (Lipinski definition) is 6. The number of aromatic nitrogens is 2. The lowest BCUT2D eigenvalue weighted by Crippen LogP contribution is -2.12. The molecule has 0 unspecified atom stereocenters. The molecule has 0 saturated carbocycles. The second-order valence-corrected chi connectivity index (χ2v) is 7.74. The molecule has 31 heavy (non-hydrogen) atoms. The molecule has 1 heterocycles. The molecule has 0 N–H and O–H groups in total. The fourth-order valence-corrected chi connectivity index (χ4v) is 3.21. The van der Waals surface area contributed by atoms with E-state index in [1.165, 1.54) is 0 Å². The molecule has 0 spiro atoms. The van der Waals surface area contributed by atoms with Crippen LogP contribution in [0.15, 0.2) is 81.7 Å². The summed E-state index contributed by atoms with van der Waals surface area (Å²) in [6.45, 7) is 1.74. The van der Waals surface area contributed by atoms with Gasteiger partial charge in [0.25, 0.3) is 5.89 Å². The van der Waals surface area contributed by atoms with Gasteiger partial charge in [-0.1, -0.05) is 64.0 Å². The van der Waals surface area contributed by atoms with Gasteiger partial charge in [0.15, 0.2) is 12.4 Å². The smallest absolute Gasteiger partial charge is 0.339 e. The quantitative estimate of drug-likeness (QED) is 0.273. The molecule has 0 aliphatic rings. The third-order valence-corrected chi connectivity index (χ3v) is 5.12. The van der Waals surface area contributed by atoms with Crippen LogP contribution in [0.25, 0.3) is 11.5 Å². The minimum absolute atomic E-state index is 0.161. The van der Waals surface area contributed by atoms with E-state index in [9.17, 15) is 9.59 Å². The van der Waals surface area contributed by atoms with Gasteiger partial charge in [0, 0.05) is 21.2 Å². The van der Waals surface area contributed by atoms with Gasteiger partial charge in [-0.05, 0) is 37.3 Å². The molecule has 0 amide bonds. The first-order valence-electron chi connectivity index (χ1n) is 9.47. The van der Waals surface area contributed by atoms with Gasteiger partial charge in [-0.25, -0.2) is 4.79 Å². The summed E-state index contributed by atoms with van der Waals surface area (Å²) in [6.07, 6.45) is 0. The van der Waals surface area contributed by atoms with Crippen LogP contribution in [0.5, 0.6) is 0 Å². The van der Waals surface area contributed by atoms with Crippen LogP contribution in [0.1, 0.15) is 37.7 Å². The highest BCUT2D eigenvalue weighted by Crippen LogP contribution is 2.21. The van der Waals surface area contributed by atoms with E-state index in [1.54, 1.807) is 36.4 Å². The van der Waals surface area contributed by atoms with Crippen molar-refractivity contribution in [2.24, 2.45) is 0 Å².